The van der Waals surface area contributed by atoms with E-state index in [1.165, 1.54) is 15.3 Å². The number of fused-ring (bicyclic) bond motifs is 4. The number of benzene rings is 2. The van der Waals surface area contributed by atoms with Gasteiger partial charge in [0.1, 0.15) is 17.3 Å². The third-order valence-corrected chi connectivity index (χ3v) is 7.89. The summed E-state index contributed by atoms with van der Waals surface area (Å²) in [5.74, 6) is 0.836. The molecule has 7 heteroatoms. The fourth-order valence-corrected chi connectivity index (χ4v) is 6.49. The van der Waals surface area contributed by atoms with Crippen LogP contribution in [0.4, 0.5) is 0 Å². The van der Waals surface area contributed by atoms with Crippen molar-refractivity contribution in [2.24, 2.45) is 0 Å². The Morgan fingerprint density at radius 3 is 2.81 bits per heavy atom. The standard InChI is InChI=1S/C20H18N2O3S2/c1-21-10-11-25-18-7-6-17-14(16(18)12-21)8-9-22(17)27(23,24)20-13-26-19-5-3-2-4-15(19)20/h2-9,13H,10-12H2,1H3. The first-order valence-electron chi connectivity index (χ1n) is 8.72. The van der Waals surface area contributed by atoms with Crippen LogP contribution in [-0.2, 0) is 16.6 Å². The van der Waals surface area contributed by atoms with Crippen LogP contribution in [0.1, 0.15) is 5.56 Å². The summed E-state index contributed by atoms with van der Waals surface area (Å²) in [7, 11) is -1.64. The van der Waals surface area contributed by atoms with Crippen molar-refractivity contribution in [3.8, 4) is 5.75 Å². The number of ether oxygens (including phenoxy) is 1. The lowest BCUT2D eigenvalue weighted by molar-refractivity contribution is 0.259. The van der Waals surface area contributed by atoms with E-state index in [0.717, 1.165) is 39.9 Å². The number of nitrogens with zero attached hydrogens (tertiary/aromatic N) is 2. The van der Waals surface area contributed by atoms with Gasteiger partial charge in [-0.2, -0.15) is 0 Å². The lowest BCUT2D eigenvalue weighted by atomic mass is 10.1. The van der Waals surface area contributed by atoms with Crippen LogP contribution < -0.4 is 4.74 Å². The zero-order chi connectivity index (χ0) is 18.6. The minimum absolute atomic E-state index is 0.351. The molecular weight excluding hydrogens is 380 g/mol. The summed E-state index contributed by atoms with van der Waals surface area (Å²) in [5, 5.41) is 3.41. The Kier molecular flexibility index (Phi) is 3.79. The molecule has 0 amide bonds. The van der Waals surface area contributed by atoms with Crippen molar-refractivity contribution in [2.75, 3.05) is 20.2 Å². The summed E-state index contributed by atoms with van der Waals surface area (Å²) in [4.78, 5) is 2.53. The summed E-state index contributed by atoms with van der Waals surface area (Å²) in [6, 6.07) is 13.2. The van der Waals surface area contributed by atoms with Crippen LogP contribution in [0.3, 0.4) is 0 Å². The molecule has 27 heavy (non-hydrogen) atoms. The first-order chi connectivity index (χ1) is 13.1. The fourth-order valence-electron chi connectivity index (χ4n) is 3.66. The highest BCUT2D eigenvalue weighted by Crippen LogP contribution is 2.35. The summed E-state index contributed by atoms with van der Waals surface area (Å²) >= 11 is 1.45. The van der Waals surface area contributed by atoms with Gasteiger partial charge in [-0.05, 0) is 31.3 Å². The van der Waals surface area contributed by atoms with Crippen molar-refractivity contribution in [3.05, 3.63) is 59.6 Å². The molecule has 0 radical (unpaired) electrons. The maximum absolute atomic E-state index is 13.4. The molecule has 3 heterocycles. The van der Waals surface area contributed by atoms with Crippen molar-refractivity contribution >= 4 is 42.3 Å². The van der Waals surface area contributed by atoms with E-state index in [2.05, 4.69) is 4.90 Å². The smallest absolute Gasteiger partial charge is 0.269 e. The van der Waals surface area contributed by atoms with Crippen molar-refractivity contribution < 1.29 is 13.2 Å². The van der Waals surface area contributed by atoms with Gasteiger partial charge in [-0.1, -0.05) is 18.2 Å². The highest BCUT2D eigenvalue weighted by atomic mass is 32.2. The molecule has 0 aliphatic carbocycles. The van der Waals surface area contributed by atoms with Crippen molar-refractivity contribution in [1.29, 1.82) is 0 Å². The number of aromatic nitrogens is 1. The predicted octanol–water partition coefficient (Wildman–Crippen LogP) is 3.92. The Hall–Kier alpha value is -2.35. The molecule has 5 rings (SSSR count). The molecule has 0 saturated heterocycles. The molecule has 1 aliphatic rings. The Bertz CT molecular complexity index is 1270. The fraction of sp³-hybridized carbons (Fsp3) is 0.200. The molecule has 1 aliphatic heterocycles. The Balaban J connectivity index is 1.72. The molecule has 4 aromatic rings. The van der Waals surface area contributed by atoms with Crippen molar-refractivity contribution in [2.45, 2.75) is 11.4 Å². The SMILES string of the molecule is CN1CCOc2ccc3c(ccn3S(=O)(=O)c3csc4ccccc34)c2C1. The van der Waals surface area contributed by atoms with E-state index >= 15 is 0 Å². The summed E-state index contributed by atoms with van der Waals surface area (Å²) in [5.41, 5.74) is 1.72. The maximum Gasteiger partial charge on any atom is 0.269 e. The molecule has 2 aromatic heterocycles. The molecule has 0 spiro atoms. The molecule has 5 nitrogen and oxygen atoms in total. The van der Waals surface area contributed by atoms with E-state index in [-0.39, 0.29) is 0 Å². The van der Waals surface area contributed by atoms with Crippen LogP contribution in [0.2, 0.25) is 0 Å². The lowest BCUT2D eigenvalue weighted by Crippen LogP contribution is -2.20. The Labute approximate surface area is 161 Å². The minimum atomic E-state index is -3.68. The molecule has 0 bridgehead atoms. The topological polar surface area (TPSA) is 51.5 Å². The van der Waals surface area contributed by atoms with Gasteiger partial charge in [0, 0.05) is 45.7 Å². The number of hydrogen-bond donors (Lipinski definition) is 0. The Morgan fingerprint density at radius 2 is 1.93 bits per heavy atom. The second-order valence-electron chi connectivity index (χ2n) is 6.77. The van der Waals surface area contributed by atoms with Gasteiger partial charge in [0.2, 0.25) is 0 Å². The van der Waals surface area contributed by atoms with Crippen LogP contribution in [-0.4, -0.2) is 37.5 Å². The number of rotatable bonds is 2. The van der Waals surface area contributed by atoms with E-state index in [1.54, 1.807) is 11.6 Å². The van der Waals surface area contributed by atoms with Crippen LogP contribution >= 0.6 is 11.3 Å². The van der Waals surface area contributed by atoms with E-state index in [1.807, 2.05) is 49.5 Å². The molecule has 0 N–H and O–H groups in total. The average Bonchev–Trinajstić information content (AvgIpc) is 3.23. The van der Waals surface area contributed by atoms with Gasteiger partial charge in [-0.25, -0.2) is 12.4 Å². The summed E-state index contributed by atoms with van der Waals surface area (Å²) in [6.07, 6.45) is 1.65. The van der Waals surface area contributed by atoms with Gasteiger partial charge in [0.05, 0.1) is 5.52 Å². The van der Waals surface area contributed by atoms with Crippen LogP contribution in [0.5, 0.6) is 5.75 Å². The normalized spacial score (nSPS) is 15.6. The second-order valence-corrected chi connectivity index (χ2v) is 9.47. The monoisotopic (exact) mass is 398 g/mol. The Morgan fingerprint density at radius 1 is 1.07 bits per heavy atom. The van der Waals surface area contributed by atoms with E-state index < -0.39 is 10.0 Å². The lowest BCUT2D eigenvalue weighted by Gasteiger charge is -2.13. The summed E-state index contributed by atoms with van der Waals surface area (Å²) in [6.45, 7) is 2.21. The van der Waals surface area contributed by atoms with Gasteiger partial charge in [0.15, 0.2) is 0 Å². The minimum Gasteiger partial charge on any atom is -0.492 e. The van der Waals surface area contributed by atoms with Crippen molar-refractivity contribution in [1.82, 2.24) is 8.87 Å². The molecule has 0 saturated carbocycles. The average molecular weight is 399 g/mol. The van der Waals surface area contributed by atoms with Crippen molar-refractivity contribution in [3.63, 3.8) is 0 Å². The molecule has 138 valence electrons. The molecule has 0 unspecified atom stereocenters. The van der Waals surface area contributed by atoms with Gasteiger partial charge in [0.25, 0.3) is 10.0 Å². The van der Waals surface area contributed by atoms with Gasteiger partial charge in [-0.15, -0.1) is 11.3 Å². The zero-order valence-electron chi connectivity index (χ0n) is 14.8. The third kappa shape index (κ3) is 2.57. The van der Waals surface area contributed by atoms with Crippen LogP contribution in [0, 0.1) is 0 Å². The molecule has 0 atom stereocenters. The number of hydrogen-bond acceptors (Lipinski definition) is 5. The maximum atomic E-state index is 13.4. The van der Waals surface area contributed by atoms with Gasteiger partial charge < -0.3 is 4.74 Å². The van der Waals surface area contributed by atoms with E-state index in [0.29, 0.717) is 17.0 Å². The molecule has 0 fully saturated rings. The third-order valence-electron chi connectivity index (χ3n) is 5.05. The van der Waals surface area contributed by atoms with Gasteiger partial charge in [-0.3, -0.25) is 4.90 Å². The molecule has 2 aromatic carbocycles. The summed E-state index contributed by atoms with van der Waals surface area (Å²) < 4.78 is 35.0. The number of thiophene rings is 1. The number of likely N-dealkylation sites (N-methyl/N-ethyl adjacent to an activating group) is 1. The zero-order valence-corrected chi connectivity index (χ0v) is 16.4. The predicted molar refractivity (Wildman–Crippen MR) is 108 cm³/mol. The highest BCUT2D eigenvalue weighted by molar-refractivity contribution is 7.90. The van der Waals surface area contributed by atoms with Crippen LogP contribution in [0.15, 0.2) is 58.9 Å². The van der Waals surface area contributed by atoms with E-state index in [9.17, 15) is 8.42 Å². The van der Waals surface area contributed by atoms with Gasteiger partial charge >= 0.3 is 0 Å². The largest absolute Gasteiger partial charge is 0.492 e. The highest BCUT2D eigenvalue weighted by Gasteiger charge is 2.25. The quantitative estimate of drug-likeness (QED) is 0.514. The first-order valence-corrected chi connectivity index (χ1v) is 11.0. The van der Waals surface area contributed by atoms with Crippen LogP contribution in [0.25, 0.3) is 21.0 Å². The second kappa shape index (κ2) is 6.09. The first kappa shape index (κ1) is 16.8. The molecular formula is C20H18N2O3S2. The van der Waals surface area contributed by atoms with E-state index in [4.69, 9.17) is 4.74 Å².